The van der Waals surface area contributed by atoms with Gasteiger partial charge >= 0.3 is 11.9 Å². The van der Waals surface area contributed by atoms with Crippen LogP contribution in [0.5, 0.6) is 23.0 Å². The van der Waals surface area contributed by atoms with E-state index in [1.54, 1.807) is 0 Å². The lowest BCUT2D eigenvalue weighted by Gasteiger charge is -2.00. The van der Waals surface area contributed by atoms with Crippen molar-refractivity contribution in [2.24, 2.45) is 0 Å². The quantitative estimate of drug-likeness (QED) is 0.464. The summed E-state index contributed by atoms with van der Waals surface area (Å²) in [6.07, 6.45) is -0.291. The number of carboxylic acid groups (broad SMARTS) is 2. The first-order valence-electron chi connectivity index (χ1n) is 6.18. The molecular formula is C15H14O8. The topological polar surface area (TPSA) is 156 Å². The number of phenols is 4. The number of benzene rings is 2. The second-order valence-electron chi connectivity index (χ2n) is 4.39. The summed E-state index contributed by atoms with van der Waals surface area (Å²) in [7, 11) is 0. The van der Waals surface area contributed by atoms with Gasteiger partial charge in [0.1, 0.15) is 28.6 Å². The van der Waals surface area contributed by atoms with Crippen molar-refractivity contribution in [3.63, 3.8) is 0 Å². The van der Waals surface area contributed by atoms with Gasteiger partial charge in [-0.3, -0.25) is 4.79 Å². The van der Waals surface area contributed by atoms with E-state index >= 15 is 0 Å². The lowest BCUT2D eigenvalue weighted by molar-refractivity contribution is -0.136. The van der Waals surface area contributed by atoms with Crippen LogP contribution >= 0.6 is 0 Å². The highest BCUT2D eigenvalue weighted by Crippen LogP contribution is 2.22. The van der Waals surface area contributed by atoms with E-state index in [4.69, 9.17) is 30.6 Å². The lowest BCUT2D eigenvalue weighted by atomic mass is 10.1. The number of hydrogen-bond acceptors (Lipinski definition) is 6. The van der Waals surface area contributed by atoms with Crippen LogP contribution in [0, 0.1) is 0 Å². The van der Waals surface area contributed by atoms with Crippen molar-refractivity contribution in [1.82, 2.24) is 0 Å². The zero-order chi connectivity index (χ0) is 17.6. The minimum absolute atomic E-state index is 0.0518. The van der Waals surface area contributed by atoms with Crippen LogP contribution in [0.2, 0.25) is 0 Å². The Kier molecular flexibility index (Phi) is 5.79. The van der Waals surface area contributed by atoms with E-state index in [0.29, 0.717) is 0 Å². The molecule has 6 N–H and O–H groups in total. The summed E-state index contributed by atoms with van der Waals surface area (Å²) in [5.74, 6) is -3.01. The van der Waals surface area contributed by atoms with Crippen molar-refractivity contribution in [2.45, 2.75) is 6.42 Å². The Hall–Kier alpha value is -3.42. The molecule has 0 amide bonds. The van der Waals surface area contributed by atoms with Crippen molar-refractivity contribution in [2.75, 3.05) is 0 Å². The van der Waals surface area contributed by atoms with Gasteiger partial charge in [-0.2, -0.15) is 0 Å². The molecule has 0 spiro atoms. The van der Waals surface area contributed by atoms with E-state index in [1.807, 2.05) is 0 Å². The van der Waals surface area contributed by atoms with Gasteiger partial charge in [-0.1, -0.05) is 0 Å². The predicted molar refractivity (Wildman–Crippen MR) is 77.8 cm³/mol. The molecule has 8 heteroatoms. The zero-order valence-corrected chi connectivity index (χ0v) is 11.7. The molecule has 8 nitrogen and oxygen atoms in total. The van der Waals surface area contributed by atoms with Crippen LogP contribution in [0.25, 0.3) is 0 Å². The van der Waals surface area contributed by atoms with Gasteiger partial charge in [0.05, 0.1) is 6.42 Å². The number of hydrogen-bond donors (Lipinski definition) is 6. The van der Waals surface area contributed by atoms with Gasteiger partial charge in [-0.05, 0) is 36.4 Å². The number of phenolic OH excluding ortho intramolecular Hbond substituents is 3. The SMILES string of the molecule is O=C(O)Cc1cc(O)ccc1O.O=C(O)c1cc(O)ccc1O. The molecule has 0 fully saturated rings. The summed E-state index contributed by atoms with van der Waals surface area (Å²) >= 11 is 0. The predicted octanol–water partition coefficient (Wildman–Crippen LogP) is 1.52. The van der Waals surface area contributed by atoms with Crippen LogP contribution in [0.3, 0.4) is 0 Å². The van der Waals surface area contributed by atoms with E-state index in [-0.39, 0.29) is 40.5 Å². The summed E-state index contributed by atoms with van der Waals surface area (Å²) in [4.78, 5) is 20.5. The molecule has 2 rings (SSSR count). The van der Waals surface area contributed by atoms with Crippen LogP contribution < -0.4 is 0 Å². The van der Waals surface area contributed by atoms with Gasteiger partial charge in [0.2, 0.25) is 0 Å². The monoisotopic (exact) mass is 322 g/mol. The molecule has 0 bridgehead atoms. The molecule has 0 atom stereocenters. The maximum Gasteiger partial charge on any atom is 0.339 e. The average molecular weight is 322 g/mol. The van der Waals surface area contributed by atoms with E-state index in [9.17, 15) is 9.59 Å². The Morgan fingerprint density at radius 3 is 1.78 bits per heavy atom. The molecule has 0 aliphatic rings. The van der Waals surface area contributed by atoms with Gasteiger partial charge < -0.3 is 30.6 Å². The first-order chi connectivity index (χ1) is 10.7. The smallest absolute Gasteiger partial charge is 0.339 e. The second-order valence-corrected chi connectivity index (χ2v) is 4.39. The number of rotatable bonds is 3. The standard InChI is InChI=1S/C8H8O4.C7H6O4/c9-6-1-2-7(10)5(3-6)4-8(11)12;8-4-1-2-6(9)5(3-4)7(10)11/h1-3,9-10H,4H2,(H,11,12);1-3,8-9H,(H,10,11). The highest BCUT2D eigenvalue weighted by molar-refractivity contribution is 5.91. The Balaban J connectivity index is 0.000000231. The summed E-state index contributed by atoms with van der Waals surface area (Å²) in [6, 6.07) is 7.09. The fourth-order valence-electron chi connectivity index (χ4n) is 1.57. The summed E-state index contributed by atoms with van der Waals surface area (Å²) in [5, 5.41) is 52.6. The van der Waals surface area contributed by atoms with Gasteiger partial charge in [-0.25, -0.2) is 4.79 Å². The van der Waals surface area contributed by atoms with E-state index in [2.05, 4.69) is 0 Å². The molecule has 0 aliphatic heterocycles. The normalized spacial score (nSPS) is 9.57. The van der Waals surface area contributed by atoms with E-state index < -0.39 is 11.9 Å². The maximum atomic E-state index is 10.3. The van der Waals surface area contributed by atoms with Crippen molar-refractivity contribution < 1.29 is 40.2 Å². The highest BCUT2D eigenvalue weighted by atomic mass is 16.4. The first-order valence-corrected chi connectivity index (χ1v) is 6.18. The van der Waals surface area contributed by atoms with Crippen LogP contribution in [0.1, 0.15) is 15.9 Å². The van der Waals surface area contributed by atoms with Crippen molar-refractivity contribution in [3.8, 4) is 23.0 Å². The Labute approximate surface area is 130 Å². The van der Waals surface area contributed by atoms with Gasteiger partial charge in [0, 0.05) is 5.56 Å². The first kappa shape index (κ1) is 17.6. The molecule has 2 aromatic rings. The molecule has 0 aliphatic carbocycles. The van der Waals surface area contributed by atoms with Gasteiger partial charge in [0.25, 0.3) is 0 Å². The molecule has 0 heterocycles. The Morgan fingerprint density at radius 2 is 1.30 bits per heavy atom. The highest BCUT2D eigenvalue weighted by Gasteiger charge is 2.09. The van der Waals surface area contributed by atoms with Crippen LogP contribution in [-0.2, 0) is 11.2 Å². The maximum absolute atomic E-state index is 10.3. The molecule has 122 valence electrons. The number of carboxylic acids is 2. The van der Waals surface area contributed by atoms with Crippen molar-refractivity contribution in [1.29, 1.82) is 0 Å². The molecule has 0 aromatic heterocycles. The van der Waals surface area contributed by atoms with Crippen LogP contribution in [-0.4, -0.2) is 42.6 Å². The molecule has 0 saturated heterocycles. The third-order valence-corrected chi connectivity index (χ3v) is 2.62. The molecule has 2 aromatic carbocycles. The third-order valence-electron chi connectivity index (χ3n) is 2.62. The van der Waals surface area contributed by atoms with Crippen LogP contribution in [0.4, 0.5) is 0 Å². The fourth-order valence-corrected chi connectivity index (χ4v) is 1.57. The van der Waals surface area contributed by atoms with Crippen LogP contribution in [0.15, 0.2) is 36.4 Å². The van der Waals surface area contributed by atoms with E-state index in [0.717, 1.165) is 12.1 Å². The van der Waals surface area contributed by atoms with Crippen molar-refractivity contribution in [3.05, 3.63) is 47.5 Å². The number of carbonyl (C=O) groups is 2. The lowest BCUT2D eigenvalue weighted by Crippen LogP contribution is -1.99. The minimum Gasteiger partial charge on any atom is -0.508 e. The zero-order valence-electron chi connectivity index (χ0n) is 11.7. The summed E-state index contributed by atoms with van der Waals surface area (Å²) in [5.41, 5.74) is -0.0903. The van der Waals surface area contributed by atoms with Gasteiger partial charge in [-0.15, -0.1) is 0 Å². The summed E-state index contributed by atoms with van der Waals surface area (Å²) < 4.78 is 0. The molecular weight excluding hydrogens is 308 g/mol. The molecule has 0 radical (unpaired) electrons. The fraction of sp³-hybridized carbons (Fsp3) is 0.0667. The minimum atomic E-state index is -1.27. The molecule has 0 unspecified atom stereocenters. The number of aromatic carboxylic acids is 1. The third kappa shape index (κ3) is 5.46. The summed E-state index contributed by atoms with van der Waals surface area (Å²) in [6.45, 7) is 0. The largest absolute Gasteiger partial charge is 0.508 e. The Bertz CT molecular complexity index is 723. The molecule has 0 saturated carbocycles. The van der Waals surface area contributed by atoms with Crippen molar-refractivity contribution >= 4 is 11.9 Å². The second kappa shape index (κ2) is 7.55. The van der Waals surface area contributed by atoms with Gasteiger partial charge in [0.15, 0.2) is 0 Å². The average Bonchev–Trinajstić information content (AvgIpc) is 2.45. The number of aromatic hydroxyl groups is 4. The number of aliphatic carboxylic acids is 1. The van der Waals surface area contributed by atoms with E-state index in [1.165, 1.54) is 24.3 Å². The molecule has 23 heavy (non-hydrogen) atoms. The Morgan fingerprint density at radius 1 is 0.783 bits per heavy atom.